The van der Waals surface area contributed by atoms with Crippen molar-refractivity contribution in [1.82, 2.24) is 9.62 Å². The number of morpholine rings is 1. The summed E-state index contributed by atoms with van der Waals surface area (Å²) in [5.41, 5.74) is 0.967. The largest absolute Gasteiger partial charge is 0.491 e. The van der Waals surface area contributed by atoms with E-state index in [4.69, 9.17) is 18.9 Å². The molecule has 2 aromatic carbocycles. The lowest BCUT2D eigenvalue weighted by Crippen LogP contribution is -2.43. The van der Waals surface area contributed by atoms with Gasteiger partial charge in [0.15, 0.2) is 11.5 Å². The SMILES string of the molecule is CC(C)Oc1ccc(S(=O)(=O)NCC(c2ccc3c(c2)OCO3)N2CCOCC2)cc1. The molecule has 1 atom stereocenters. The van der Waals surface area contributed by atoms with Gasteiger partial charge in [-0.3, -0.25) is 4.90 Å². The lowest BCUT2D eigenvalue weighted by atomic mass is 10.0. The molecule has 2 aliphatic heterocycles. The summed E-state index contributed by atoms with van der Waals surface area (Å²) < 4.78 is 50.6. The minimum atomic E-state index is -3.68. The van der Waals surface area contributed by atoms with E-state index in [0.29, 0.717) is 30.5 Å². The first kappa shape index (κ1) is 21.9. The number of nitrogens with one attached hydrogen (secondary N) is 1. The number of ether oxygens (including phenoxy) is 4. The Hall–Kier alpha value is -2.33. The predicted molar refractivity (Wildman–Crippen MR) is 115 cm³/mol. The average molecular weight is 449 g/mol. The zero-order valence-corrected chi connectivity index (χ0v) is 18.6. The number of rotatable bonds is 8. The fourth-order valence-electron chi connectivity index (χ4n) is 3.71. The van der Waals surface area contributed by atoms with Crippen LogP contribution in [0.2, 0.25) is 0 Å². The Labute approximate surface area is 183 Å². The van der Waals surface area contributed by atoms with Crippen molar-refractivity contribution in [2.75, 3.05) is 39.6 Å². The number of benzene rings is 2. The van der Waals surface area contributed by atoms with Gasteiger partial charge in [-0.25, -0.2) is 13.1 Å². The van der Waals surface area contributed by atoms with Gasteiger partial charge in [0.2, 0.25) is 16.8 Å². The Balaban J connectivity index is 1.51. The van der Waals surface area contributed by atoms with Crippen molar-refractivity contribution in [3.05, 3.63) is 48.0 Å². The first-order chi connectivity index (χ1) is 14.9. The fraction of sp³-hybridized carbons (Fsp3) is 0.455. The second-order valence-corrected chi connectivity index (χ2v) is 9.53. The molecule has 1 fully saturated rings. The molecule has 0 aromatic heterocycles. The zero-order valence-electron chi connectivity index (χ0n) is 17.7. The molecule has 0 spiro atoms. The van der Waals surface area contributed by atoms with Crippen molar-refractivity contribution >= 4 is 10.0 Å². The van der Waals surface area contributed by atoms with Crippen molar-refractivity contribution in [2.24, 2.45) is 0 Å². The summed E-state index contributed by atoms with van der Waals surface area (Å²) in [7, 11) is -3.68. The molecule has 0 bridgehead atoms. The highest BCUT2D eigenvalue weighted by atomic mass is 32.2. The lowest BCUT2D eigenvalue weighted by Gasteiger charge is -2.35. The van der Waals surface area contributed by atoms with E-state index in [2.05, 4.69) is 9.62 Å². The maximum absolute atomic E-state index is 12.9. The Morgan fingerprint density at radius 3 is 2.45 bits per heavy atom. The lowest BCUT2D eigenvalue weighted by molar-refractivity contribution is 0.0171. The van der Waals surface area contributed by atoms with E-state index in [1.165, 1.54) is 0 Å². The van der Waals surface area contributed by atoms with Crippen molar-refractivity contribution in [3.8, 4) is 17.2 Å². The number of hydrogen-bond acceptors (Lipinski definition) is 7. The smallest absolute Gasteiger partial charge is 0.240 e. The third-order valence-electron chi connectivity index (χ3n) is 5.24. The minimum Gasteiger partial charge on any atom is -0.491 e. The maximum Gasteiger partial charge on any atom is 0.240 e. The quantitative estimate of drug-likeness (QED) is 0.664. The molecule has 8 nitrogen and oxygen atoms in total. The highest BCUT2D eigenvalue weighted by Gasteiger charge is 2.27. The number of sulfonamides is 1. The molecule has 4 rings (SSSR count). The van der Waals surface area contributed by atoms with Crippen LogP contribution in [0.15, 0.2) is 47.4 Å². The third-order valence-corrected chi connectivity index (χ3v) is 6.68. The van der Waals surface area contributed by atoms with Crippen molar-refractivity contribution in [3.63, 3.8) is 0 Å². The molecule has 0 amide bonds. The van der Waals surface area contributed by atoms with Crippen LogP contribution in [0.3, 0.4) is 0 Å². The van der Waals surface area contributed by atoms with E-state index < -0.39 is 10.0 Å². The molecule has 9 heteroatoms. The Morgan fingerprint density at radius 2 is 1.74 bits per heavy atom. The maximum atomic E-state index is 12.9. The van der Waals surface area contributed by atoms with E-state index in [0.717, 1.165) is 18.7 Å². The van der Waals surface area contributed by atoms with Crippen LogP contribution in [0.4, 0.5) is 0 Å². The molecule has 0 saturated carbocycles. The standard InChI is InChI=1S/C22H28N2O6S/c1-16(2)30-18-4-6-19(7-5-18)31(25,26)23-14-20(24-9-11-27-12-10-24)17-3-8-21-22(13-17)29-15-28-21/h3-8,13,16,20,23H,9-12,14-15H2,1-2H3. The zero-order chi connectivity index (χ0) is 21.8. The van der Waals surface area contributed by atoms with Crippen LogP contribution in [0.1, 0.15) is 25.5 Å². The number of nitrogens with zero attached hydrogens (tertiary/aromatic N) is 1. The molecular weight excluding hydrogens is 420 g/mol. The number of hydrogen-bond donors (Lipinski definition) is 1. The van der Waals surface area contributed by atoms with Crippen LogP contribution in [0, 0.1) is 0 Å². The summed E-state index contributed by atoms with van der Waals surface area (Å²) in [4.78, 5) is 2.43. The van der Waals surface area contributed by atoms with Crippen LogP contribution in [0.5, 0.6) is 17.2 Å². The van der Waals surface area contributed by atoms with Crippen LogP contribution in [-0.2, 0) is 14.8 Å². The Bertz CT molecular complexity index is 988. The monoisotopic (exact) mass is 448 g/mol. The van der Waals surface area contributed by atoms with Gasteiger partial charge in [-0.1, -0.05) is 6.07 Å². The molecule has 0 radical (unpaired) electrons. The van der Waals surface area contributed by atoms with Gasteiger partial charge in [0.05, 0.1) is 24.2 Å². The second kappa shape index (κ2) is 9.44. The van der Waals surface area contributed by atoms with Crippen molar-refractivity contribution in [1.29, 1.82) is 0 Å². The molecule has 1 N–H and O–H groups in total. The minimum absolute atomic E-state index is 0.0246. The predicted octanol–water partition coefficient (Wildman–Crippen LogP) is 2.55. The molecular formula is C22H28N2O6S. The molecule has 2 heterocycles. The molecule has 31 heavy (non-hydrogen) atoms. The van der Waals surface area contributed by atoms with Crippen molar-refractivity contribution in [2.45, 2.75) is 30.9 Å². The third kappa shape index (κ3) is 5.30. The summed E-state index contributed by atoms with van der Waals surface area (Å²) in [6.07, 6.45) is 0.0246. The first-order valence-corrected chi connectivity index (χ1v) is 11.9. The average Bonchev–Trinajstić information content (AvgIpc) is 3.23. The van der Waals surface area contributed by atoms with Gasteiger partial charge in [0, 0.05) is 25.7 Å². The Morgan fingerprint density at radius 1 is 1.03 bits per heavy atom. The fourth-order valence-corrected chi connectivity index (χ4v) is 4.75. The van der Waals surface area contributed by atoms with Gasteiger partial charge < -0.3 is 18.9 Å². The number of fused-ring (bicyclic) bond motifs is 1. The van der Waals surface area contributed by atoms with E-state index in [-0.39, 0.29) is 30.4 Å². The summed E-state index contributed by atoms with van der Waals surface area (Å²) in [6, 6.07) is 12.1. The van der Waals surface area contributed by atoms with Gasteiger partial charge in [-0.15, -0.1) is 0 Å². The van der Waals surface area contributed by atoms with Gasteiger partial charge in [0.1, 0.15) is 5.75 Å². The highest BCUT2D eigenvalue weighted by Crippen LogP contribution is 2.35. The summed E-state index contributed by atoms with van der Waals surface area (Å²) in [5, 5.41) is 0. The van der Waals surface area contributed by atoms with Crippen molar-refractivity contribution < 1.29 is 27.4 Å². The molecule has 2 aliphatic rings. The van der Waals surface area contributed by atoms with Crippen LogP contribution in [0.25, 0.3) is 0 Å². The first-order valence-electron chi connectivity index (χ1n) is 10.4. The van der Waals surface area contributed by atoms with E-state index in [1.54, 1.807) is 24.3 Å². The molecule has 1 unspecified atom stereocenters. The van der Waals surface area contributed by atoms with Crippen LogP contribution < -0.4 is 18.9 Å². The topological polar surface area (TPSA) is 86.3 Å². The highest BCUT2D eigenvalue weighted by molar-refractivity contribution is 7.89. The normalized spacial score (nSPS) is 17.6. The summed E-state index contributed by atoms with van der Waals surface area (Å²) >= 11 is 0. The van der Waals surface area contributed by atoms with Gasteiger partial charge in [-0.05, 0) is 55.8 Å². The van der Waals surface area contributed by atoms with E-state index in [9.17, 15) is 8.42 Å². The molecule has 0 aliphatic carbocycles. The van der Waals surface area contributed by atoms with E-state index >= 15 is 0 Å². The van der Waals surface area contributed by atoms with Gasteiger partial charge >= 0.3 is 0 Å². The van der Waals surface area contributed by atoms with Gasteiger partial charge in [0.25, 0.3) is 0 Å². The molecule has 168 valence electrons. The van der Waals surface area contributed by atoms with Gasteiger partial charge in [-0.2, -0.15) is 0 Å². The summed E-state index contributed by atoms with van der Waals surface area (Å²) in [6.45, 7) is 6.96. The molecule has 2 aromatic rings. The summed E-state index contributed by atoms with van der Waals surface area (Å²) in [5.74, 6) is 2.02. The van der Waals surface area contributed by atoms with E-state index in [1.807, 2.05) is 32.0 Å². The van der Waals surface area contributed by atoms with Crippen LogP contribution in [-0.4, -0.2) is 59.1 Å². The molecule has 1 saturated heterocycles. The Kier molecular flexibility index (Phi) is 6.66. The van der Waals surface area contributed by atoms with Crippen LogP contribution >= 0.6 is 0 Å². The second-order valence-electron chi connectivity index (χ2n) is 7.77.